The van der Waals surface area contributed by atoms with E-state index in [9.17, 15) is 0 Å². The number of rotatable bonds is 4. The van der Waals surface area contributed by atoms with Crippen LogP contribution < -0.4 is 0 Å². The molecule has 0 aliphatic carbocycles. The van der Waals surface area contributed by atoms with Gasteiger partial charge in [0.1, 0.15) is 11.2 Å². The lowest BCUT2D eigenvalue weighted by Crippen LogP contribution is -2.02. The second kappa shape index (κ2) is 13.2. The Hall–Kier alpha value is -8.19. The summed E-state index contributed by atoms with van der Waals surface area (Å²) in [6.07, 6.45) is 0. The minimum Gasteiger partial charge on any atom is -0.456 e. The standard InChI is InChI=1S/C57H32N4OS/c1-3-15-36-28-47-45(26-34(36)13-1)46-27-35-14-2-4-16-37(35)29-48(46)61(47)49-30-39(32-53-54(49)44-20-8-10-23-52(44)63-53)56-58-55(38-24-25-42-41-19-7-9-22-50(41)62-51(42)31-38)59-57(60-56)43-21-11-17-33-12-5-6-18-40(33)43/h1-32H. The lowest BCUT2D eigenvalue weighted by molar-refractivity contribution is 0.669. The van der Waals surface area contributed by atoms with E-state index < -0.39 is 0 Å². The van der Waals surface area contributed by atoms with Gasteiger partial charge in [-0.05, 0) is 93.0 Å². The summed E-state index contributed by atoms with van der Waals surface area (Å²) >= 11 is 1.81. The summed E-state index contributed by atoms with van der Waals surface area (Å²) in [7, 11) is 0. The molecule has 0 aliphatic rings. The van der Waals surface area contributed by atoms with Gasteiger partial charge in [0.25, 0.3) is 0 Å². The third kappa shape index (κ3) is 5.25. The predicted octanol–water partition coefficient (Wildman–Crippen LogP) is 15.7. The molecule has 14 aromatic rings. The summed E-state index contributed by atoms with van der Waals surface area (Å²) < 4.78 is 11.3. The zero-order valence-electron chi connectivity index (χ0n) is 33.6. The molecule has 0 aliphatic heterocycles. The Kier molecular flexibility index (Phi) is 7.21. The summed E-state index contributed by atoms with van der Waals surface area (Å²) in [5, 5.41) is 14.1. The van der Waals surface area contributed by atoms with Gasteiger partial charge in [-0.3, -0.25) is 0 Å². The van der Waals surface area contributed by atoms with Crippen molar-refractivity contribution < 1.29 is 4.42 Å². The maximum absolute atomic E-state index is 6.39. The normalized spacial score (nSPS) is 12.1. The van der Waals surface area contributed by atoms with Gasteiger partial charge in [-0.15, -0.1) is 11.3 Å². The number of hydrogen-bond donors (Lipinski definition) is 0. The topological polar surface area (TPSA) is 56.7 Å². The third-order valence-electron chi connectivity index (χ3n) is 12.8. The van der Waals surface area contributed by atoms with Crippen LogP contribution in [0, 0.1) is 0 Å². The highest BCUT2D eigenvalue weighted by atomic mass is 32.1. The highest BCUT2D eigenvalue weighted by Gasteiger charge is 2.22. The molecule has 0 saturated heterocycles. The largest absolute Gasteiger partial charge is 0.456 e. The Morgan fingerprint density at radius 3 is 1.68 bits per heavy atom. The van der Waals surface area contributed by atoms with Gasteiger partial charge in [-0.1, -0.05) is 133 Å². The van der Waals surface area contributed by atoms with Gasteiger partial charge in [-0.2, -0.15) is 0 Å². The van der Waals surface area contributed by atoms with Crippen LogP contribution in [0.15, 0.2) is 199 Å². The summed E-state index contributed by atoms with van der Waals surface area (Å²) in [6.45, 7) is 0. The van der Waals surface area contributed by atoms with Crippen molar-refractivity contribution in [1.29, 1.82) is 0 Å². The molecule has 0 spiro atoms. The Balaban J connectivity index is 1.09. The van der Waals surface area contributed by atoms with Crippen LogP contribution in [0.3, 0.4) is 0 Å². The summed E-state index contributed by atoms with van der Waals surface area (Å²) in [5.41, 5.74) is 7.76. The molecular weight excluding hydrogens is 789 g/mol. The maximum Gasteiger partial charge on any atom is 0.164 e. The van der Waals surface area contributed by atoms with Crippen molar-refractivity contribution in [3.05, 3.63) is 194 Å². The highest BCUT2D eigenvalue weighted by Crippen LogP contribution is 2.45. The molecule has 6 heteroatoms. The Bertz CT molecular complexity index is 4130. The number of fused-ring (bicyclic) bond motifs is 12. The molecule has 4 aromatic heterocycles. The average Bonchev–Trinajstić information content (AvgIpc) is 4.00. The first kappa shape index (κ1) is 34.5. The lowest BCUT2D eigenvalue weighted by atomic mass is 10.0. The van der Waals surface area contributed by atoms with E-state index in [4.69, 9.17) is 19.4 Å². The molecule has 0 N–H and O–H groups in total. The quantitative estimate of drug-likeness (QED) is 0.177. The molecule has 10 aromatic carbocycles. The van der Waals surface area contributed by atoms with Crippen LogP contribution >= 0.6 is 11.3 Å². The van der Waals surface area contributed by atoms with E-state index in [-0.39, 0.29) is 0 Å². The number of nitrogens with zero attached hydrogens (tertiary/aromatic N) is 4. The van der Waals surface area contributed by atoms with Gasteiger partial charge >= 0.3 is 0 Å². The summed E-state index contributed by atoms with van der Waals surface area (Å²) in [6, 6.07) is 69.3. The van der Waals surface area contributed by atoms with Crippen LogP contribution in [-0.2, 0) is 0 Å². The molecule has 0 amide bonds. The van der Waals surface area contributed by atoms with E-state index in [1.54, 1.807) is 0 Å². The Morgan fingerprint density at radius 2 is 0.937 bits per heavy atom. The van der Waals surface area contributed by atoms with Gasteiger partial charge in [0.05, 0.1) is 16.7 Å². The van der Waals surface area contributed by atoms with Crippen molar-refractivity contribution in [2.75, 3.05) is 0 Å². The number of furan rings is 1. The number of aromatic nitrogens is 4. The molecule has 4 heterocycles. The van der Waals surface area contributed by atoms with Gasteiger partial charge in [0, 0.05) is 58.4 Å². The SMILES string of the molecule is c1ccc2cc3c(cc2c1)c1cc2ccccc2cc1n3-c1cc(-c2nc(-c3ccc4c(c3)oc3ccccc34)nc(-c3cccc4ccccc34)n2)cc2sc3ccccc3c12. The van der Waals surface area contributed by atoms with Gasteiger partial charge in [0.2, 0.25) is 0 Å². The predicted molar refractivity (Wildman–Crippen MR) is 263 cm³/mol. The molecule has 292 valence electrons. The zero-order chi connectivity index (χ0) is 41.2. The monoisotopic (exact) mass is 820 g/mol. The van der Waals surface area contributed by atoms with Gasteiger partial charge in [0.15, 0.2) is 17.5 Å². The molecule has 0 radical (unpaired) electrons. The van der Waals surface area contributed by atoms with Crippen LogP contribution in [0.5, 0.6) is 0 Å². The van der Waals surface area contributed by atoms with Crippen LogP contribution in [0.25, 0.3) is 136 Å². The van der Waals surface area contributed by atoms with Gasteiger partial charge < -0.3 is 8.98 Å². The molecule has 0 unspecified atom stereocenters. The first-order chi connectivity index (χ1) is 31.2. The number of hydrogen-bond acceptors (Lipinski definition) is 5. The van der Waals surface area contributed by atoms with E-state index in [1.807, 2.05) is 29.5 Å². The molecule has 5 nitrogen and oxygen atoms in total. The summed E-state index contributed by atoms with van der Waals surface area (Å²) in [4.78, 5) is 16.0. The molecule has 0 bridgehead atoms. The first-order valence-corrected chi connectivity index (χ1v) is 22.0. The molecule has 0 atom stereocenters. The van der Waals surface area contributed by atoms with Crippen molar-refractivity contribution >= 4 is 108 Å². The smallest absolute Gasteiger partial charge is 0.164 e. The average molecular weight is 821 g/mol. The van der Waals surface area contributed by atoms with Crippen LogP contribution in [0.2, 0.25) is 0 Å². The number of benzene rings is 10. The van der Waals surface area contributed by atoms with Crippen molar-refractivity contribution in [1.82, 2.24) is 19.5 Å². The van der Waals surface area contributed by atoms with Crippen molar-refractivity contribution in [2.45, 2.75) is 0 Å². The molecule has 0 fully saturated rings. The fourth-order valence-corrected chi connectivity index (χ4v) is 11.0. The third-order valence-corrected chi connectivity index (χ3v) is 13.9. The van der Waals surface area contributed by atoms with Crippen LogP contribution in [-0.4, -0.2) is 19.5 Å². The zero-order valence-corrected chi connectivity index (χ0v) is 34.4. The number of thiophene rings is 1. The minimum absolute atomic E-state index is 0.582. The van der Waals surface area contributed by atoms with E-state index in [1.165, 1.54) is 47.8 Å². The van der Waals surface area contributed by atoms with Gasteiger partial charge in [-0.25, -0.2) is 15.0 Å². The molecular formula is C57H32N4OS. The first-order valence-electron chi connectivity index (χ1n) is 21.2. The van der Waals surface area contributed by atoms with E-state index >= 15 is 0 Å². The number of para-hydroxylation sites is 1. The second-order valence-electron chi connectivity index (χ2n) is 16.4. The van der Waals surface area contributed by atoms with Crippen LogP contribution in [0.4, 0.5) is 0 Å². The maximum atomic E-state index is 6.39. The van der Waals surface area contributed by atoms with Crippen molar-refractivity contribution in [2.24, 2.45) is 0 Å². The van der Waals surface area contributed by atoms with E-state index in [0.717, 1.165) is 70.8 Å². The Labute approximate surface area is 363 Å². The second-order valence-corrected chi connectivity index (χ2v) is 17.5. The molecule has 0 saturated carbocycles. The minimum atomic E-state index is 0.582. The Morgan fingerprint density at radius 1 is 0.365 bits per heavy atom. The fraction of sp³-hybridized carbons (Fsp3) is 0. The van der Waals surface area contributed by atoms with Crippen molar-refractivity contribution in [3.8, 4) is 39.9 Å². The van der Waals surface area contributed by atoms with E-state index in [2.05, 4.69) is 180 Å². The molecule has 63 heavy (non-hydrogen) atoms. The van der Waals surface area contributed by atoms with Crippen molar-refractivity contribution in [3.63, 3.8) is 0 Å². The fourth-order valence-electron chi connectivity index (χ4n) is 9.83. The lowest BCUT2D eigenvalue weighted by Gasteiger charge is -2.14. The highest BCUT2D eigenvalue weighted by molar-refractivity contribution is 7.26. The molecule has 14 rings (SSSR count). The van der Waals surface area contributed by atoms with Crippen LogP contribution in [0.1, 0.15) is 0 Å². The summed E-state index contributed by atoms with van der Waals surface area (Å²) in [5.74, 6) is 1.80. The van der Waals surface area contributed by atoms with E-state index in [0.29, 0.717) is 17.5 Å².